The highest BCUT2D eigenvalue weighted by Gasteiger charge is 2.22. The van der Waals surface area contributed by atoms with E-state index < -0.39 is 0 Å². The van der Waals surface area contributed by atoms with Gasteiger partial charge in [-0.15, -0.1) is 0 Å². The van der Waals surface area contributed by atoms with Crippen molar-refractivity contribution in [2.45, 2.75) is 39.8 Å². The predicted octanol–water partition coefficient (Wildman–Crippen LogP) is 0.686. The molecule has 2 aromatic rings. The van der Waals surface area contributed by atoms with Crippen molar-refractivity contribution in [2.75, 3.05) is 13.1 Å². The van der Waals surface area contributed by atoms with Crippen LogP contribution in [0.4, 0.5) is 0 Å². The van der Waals surface area contributed by atoms with E-state index in [1.807, 2.05) is 11.5 Å². The van der Waals surface area contributed by atoms with Crippen LogP contribution in [0.3, 0.4) is 0 Å². The number of likely N-dealkylation sites (tertiary alicyclic amines) is 1. The van der Waals surface area contributed by atoms with Gasteiger partial charge in [0.1, 0.15) is 5.82 Å². The van der Waals surface area contributed by atoms with Gasteiger partial charge in [0.2, 0.25) is 0 Å². The third-order valence-electron chi connectivity index (χ3n) is 4.85. The lowest BCUT2D eigenvalue weighted by Crippen LogP contribution is -2.37. The summed E-state index contributed by atoms with van der Waals surface area (Å²) >= 11 is 0. The molecular formula is C16H25N5O2. The molecule has 0 aromatic carbocycles. The third-order valence-corrected chi connectivity index (χ3v) is 4.85. The second-order valence-corrected chi connectivity index (χ2v) is 6.63. The number of hydrogen-bond acceptors (Lipinski definition) is 4. The highest BCUT2D eigenvalue weighted by atomic mass is 16.2. The van der Waals surface area contributed by atoms with Crippen molar-refractivity contribution in [3.8, 4) is 0 Å². The van der Waals surface area contributed by atoms with E-state index >= 15 is 0 Å². The highest BCUT2D eigenvalue weighted by Crippen LogP contribution is 2.19. The minimum absolute atomic E-state index is 0.268. The molecule has 7 heteroatoms. The van der Waals surface area contributed by atoms with Crippen molar-refractivity contribution in [3.05, 3.63) is 26.7 Å². The van der Waals surface area contributed by atoms with Crippen LogP contribution in [0, 0.1) is 5.92 Å². The molecule has 23 heavy (non-hydrogen) atoms. The van der Waals surface area contributed by atoms with E-state index in [1.165, 1.54) is 24.5 Å². The molecule has 126 valence electrons. The van der Waals surface area contributed by atoms with Crippen LogP contribution >= 0.6 is 0 Å². The van der Waals surface area contributed by atoms with E-state index in [9.17, 15) is 9.59 Å². The summed E-state index contributed by atoms with van der Waals surface area (Å²) in [6.45, 7) is 7.80. The average Bonchev–Trinajstić information content (AvgIpc) is 2.89. The van der Waals surface area contributed by atoms with Crippen LogP contribution in [0.1, 0.15) is 32.5 Å². The highest BCUT2D eigenvalue weighted by molar-refractivity contribution is 5.71. The summed E-state index contributed by atoms with van der Waals surface area (Å²) in [5, 5.41) is 0. The van der Waals surface area contributed by atoms with Gasteiger partial charge in [-0.05, 0) is 32.2 Å². The number of hydrogen-bond donors (Lipinski definition) is 0. The Morgan fingerprint density at radius 1 is 1.22 bits per heavy atom. The van der Waals surface area contributed by atoms with Crippen molar-refractivity contribution >= 4 is 11.2 Å². The van der Waals surface area contributed by atoms with Crippen molar-refractivity contribution in [3.63, 3.8) is 0 Å². The Bertz CT molecular complexity index is 845. The Hall–Kier alpha value is -1.89. The van der Waals surface area contributed by atoms with E-state index in [4.69, 9.17) is 0 Å². The maximum atomic E-state index is 12.5. The SMILES string of the molecule is CCn1c(CN2CCCC(C)C2)nc2c1c(=O)n(C)c(=O)n2C. The monoisotopic (exact) mass is 319 g/mol. The van der Waals surface area contributed by atoms with E-state index in [0.717, 1.165) is 30.0 Å². The Morgan fingerprint density at radius 3 is 2.61 bits per heavy atom. The molecule has 0 N–H and O–H groups in total. The molecule has 2 aromatic heterocycles. The molecule has 1 atom stereocenters. The fourth-order valence-electron chi connectivity index (χ4n) is 3.58. The lowest BCUT2D eigenvalue weighted by molar-refractivity contribution is 0.171. The molecule has 7 nitrogen and oxygen atoms in total. The van der Waals surface area contributed by atoms with Gasteiger partial charge in [-0.25, -0.2) is 9.78 Å². The minimum atomic E-state index is -0.332. The van der Waals surface area contributed by atoms with Crippen molar-refractivity contribution in [1.29, 1.82) is 0 Å². The summed E-state index contributed by atoms with van der Waals surface area (Å²) in [6, 6.07) is 0. The van der Waals surface area contributed by atoms with Gasteiger partial charge in [0.05, 0.1) is 6.54 Å². The first-order chi connectivity index (χ1) is 10.9. The fraction of sp³-hybridized carbons (Fsp3) is 0.688. The molecule has 0 radical (unpaired) electrons. The van der Waals surface area contributed by atoms with E-state index in [-0.39, 0.29) is 11.2 Å². The van der Waals surface area contributed by atoms with Gasteiger partial charge in [-0.1, -0.05) is 6.92 Å². The molecule has 1 unspecified atom stereocenters. The van der Waals surface area contributed by atoms with Crippen LogP contribution in [0.15, 0.2) is 9.59 Å². The smallest absolute Gasteiger partial charge is 0.321 e. The fourth-order valence-corrected chi connectivity index (χ4v) is 3.58. The number of aromatic nitrogens is 4. The number of piperidine rings is 1. The van der Waals surface area contributed by atoms with Gasteiger partial charge in [0.25, 0.3) is 5.56 Å². The van der Waals surface area contributed by atoms with Crippen molar-refractivity contribution < 1.29 is 0 Å². The van der Waals surface area contributed by atoms with Crippen LogP contribution in [0.2, 0.25) is 0 Å². The second-order valence-electron chi connectivity index (χ2n) is 6.63. The van der Waals surface area contributed by atoms with Crippen molar-refractivity contribution in [1.82, 2.24) is 23.6 Å². The van der Waals surface area contributed by atoms with Crippen LogP contribution < -0.4 is 11.2 Å². The molecule has 3 heterocycles. The van der Waals surface area contributed by atoms with Gasteiger partial charge < -0.3 is 4.57 Å². The Labute approximate surface area is 135 Å². The summed E-state index contributed by atoms with van der Waals surface area (Å²) in [4.78, 5) is 31.7. The number of imidazole rings is 1. The molecule has 0 amide bonds. The first-order valence-corrected chi connectivity index (χ1v) is 8.31. The zero-order valence-corrected chi connectivity index (χ0v) is 14.4. The molecular weight excluding hydrogens is 294 g/mol. The number of rotatable bonds is 3. The Kier molecular flexibility index (Phi) is 4.14. The first-order valence-electron chi connectivity index (χ1n) is 8.31. The van der Waals surface area contributed by atoms with Crippen molar-refractivity contribution in [2.24, 2.45) is 20.0 Å². The standard InChI is InChI=1S/C16H25N5O2/c1-5-21-12(10-20-8-6-7-11(2)9-20)17-14-13(21)15(22)19(4)16(23)18(14)3/h11H,5-10H2,1-4H3. The normalized spacial score (nSPS) is 19.6. The minimum Gasteiger partial charge on any atom is -0.321 e. The summed E-state index contributed by atoms with van der Waals surface area (Å²) in [5.74, 6) is 1.57. The maximum absolute atomic E-state index is 12.5. The predicted molar refractivity (Wildman–Crippen MR) is 89.6 cm³/mol. The zero-order valence-electron chi connectivity index (χ0n) is 14.4. The largest absolute Gasteiger partial charge is 0.332 e. The molecule has 1 aliphatic heterocycles. The molecule has 1 saturated heterocycles. The quantitative estimate of drug-likeness (QED) is 0.835. The molecule has 3 rings (SSSR count). The third kappa shape index (κ3) is 2.63. The summed E-state index contributed by atoms with van der Waals surface area (Å²) in [6.07, 6.45) is 2.48. The van der Waals surface area contributed by atoms with Gasteiger partial charge in [-0.3, -0.25) is 18.8 Å². The molecule has 0 aliphatic carbocycles. The van der Waals surface area contributed by atoms with E-state index in [1.54, 1.807) is 7.05 Å². The van der Waals surface area contributed by atoms with E-state index in [0.29, 0.717) is 23.6 Å². The maximum Gasteiger partial charge on any atom is 0.332 e. The van der Waals surface area contributed by atoms with Gasteiger partial charge >= 0.3 is 5.69 Å². The lowest BCUT2D eigenvalue weighted by atomic mass is 10.0. The molecule has 1 fully saturated rings. The number of fused-ring (bicyclic) bond motifs is 1. The van der Waals surface area contributed by atoms with E-state index in [2.05, 4.69) is 16.8 Å². The van der Waals surface area contributed by atoms with Crippen LogP contribution in [-0.4, -0.2) is 36.7 Å². The average molecular weight is 319 g/mol. The van der Waals surface area contributed by atoms with Crippen LogP contribution in [0.25, 0.3) is 11.2 Å². The first kappa shape index (κ1) is 16.0. The molecule has 0 spiro atoms. The van der Waals surface area contributed by atoms with Crippen LogP contribution in [0.5, 0.6) is 0 Å². The zero-order chi connectivity index (χ0) is 16.7. The molecule has 0 saturated carbocycles. The van der Waals surface area contributed by atoms with Gasteiger partial charge in [-0.2, -0.15) is 0 Å². The topological polar surface area (TPSA) is 65.1 Å². The number of aryl methyl sites for hydroxylation is 2. The molecule has 1 aliphatic rings. The molecule has 0 bridgehead atoms. The van der Waals surface area contributed by atoms with Gasteiger partial charge in [0.15, 0.2) is 11.2 Å². The Balaban J connectivity index is 2.11. The lowest BCUT2D eigenvalue weighted by Gasteiger charge is -2.30. The van der Waals surface area contributed by atoms with Crippen LogP contribution in [-0.2, 0) is 27.2 Å². The summed E-state index contributed by atoms with van der Waals surface area (Å²) < 4.78 is 4.57. The summed E-state index contributed by atoms with van der Waals surface area (Å²) in [7, 11) is 3.19. The number of nitrogens with zero attached hydrogens (tertiary/aromatic N) is 5. The van der Waals surface area contributed by atoms with Gasteiger partial charge in [0, 0.05) is 27.2 Å². The summed E-state index contributed by atoms with van der Waals surface area (Å²) in [5.41, 5.74) is 0.411. The Morgan fingerprint density at radius 2 is 1.96 bits per heavy atom. The second kappa shape index (κ2) is 5.96.